The fraction of sp³-hybridized carbons (Fsp3) is 0.385. The Morgan fingerprint density at radius 3 is 3.00 bits per heavy atom. The van der Waals surface area contributed by atoms with Crippen molar-refractivity contribution < 1.29 is 9.84 Å². The van der Waals surface area contributed by atoms with Crippen LogP contribution < -0.4 is 4.74 Å². The van der Waals surface area contributed by atoms with Crippen molar-refractivity contribution in [3.63, 3.8) is 0 Å². The summed E-state index contributed by atoms with van der Waals surface area (Å²) in [6, 6.07) is 5.39. The van der Waals surface area contributed by atoms with E-state index in [1.54, 1.807) is 6.07 Å². The third kappa shape index (κ3) is 2.32. The number of hydrogen-bond donors (Lipinski definition) is 1. The summed E-state index contributed by atoms with van der Waals surface area (Å²) in [5.41, 5.74) is 0.816. The van der Waals surface area contributed by atoms with Gasteiger partial charge in [-0.2, -0.15) is 0 Å². The second kappa shape index (κ2) is 4.39. The highest BCUT2D eigenvalue weighted by atomic mass is 16.5. The zero-order valence-corrected chi connectivity index (χ0v) is 8.94. The van der Waals surface area contributed by atoms with Gasteiger partial charge >= 0.3 is 0 Å². The number of allylic oxidation sites excluding steroid dienone is 1. The molecule has 80 valence electrons. The van der Waals surface area contributed by atoms with Crippen LogP contribution in [0.4, 0.5) is 0 Å². The number of hydrogen-bond acceptors (Lipinski definition) is 2. The molecule has 1 aromatic rings. The molecule has 1 aliphatic rings. The number of rotatable bonds is 2. The van der Waals surface area contributed by atoms with Crippen LogP contribution in [0.1, 0.15) is 24.8 Å². The zero-order chi connectivity index (χ0) is 10.7. The van der Waals surface area contributed by atoms with Crippen molar-refractivity contribution in [2.45, 2.75) is 32.3 Å². The predicted molar refractivity (Wildman–Crippen MR) is 60.3 cm³/mol. The lowest BCUT2D eigenvalue weighted by Crippen LogP contribution is -2.16. The molecule has 0 bridgehead atoms. The monoisotopic (exact) mass is 204 g/mol. The Kier molecular flexibility index (Phi) is 2.95. The highest BCUT2D eigenvalue weighted by Gasteiger charge is 2.12. The Hall–Kier alpha value is -1.44. The third-order valence-corrected chi connectivity index (χ3v) is 2.74. The van der Waals surface area contributed by atoms with Gasteiger partial charge < -0.3 is 9.84 Å². The SMILES string of the molecule is Cc1c(O)cccc1OC1C=CCCC1. The van der Waals surface area contributed by atoms with Gasteiger partial charge in [0.25, 0.3) is 0 Å². The highest BCUT2D eigenvalue weighted by Crippen LogP contribution is 2.28. The normalized spacial score (nSPS) is 20.2. The van der Waals surface area contributed by atoms with Gasteiger partial charge in [0.15, 0.2) is 0 Å². The summed E-state index contributed by atoms with van der Waals surface area (Å²) in [5, 5.41) is 9.53. The van der Waals surface area contributed by atoms with Gasteiger partial charge in [0.05, 0.1) is 0 Å². The van der Waals surface area contributed by atoms with Gasteiger partial charge in [0.2, 0.25) is 0 Å². The molecule has 2 heteroatoms. The van der Waals surface area contributed by atoms with E-state index < -0.39 is 0 Å². The zero-order valence-electron chi connectivity index (χ0n) is 8.94. The van der Waals surface area contributed by atoms with E-state index in [0.717, 1.165) is 24.2 Å². The molecule has 15 heavy (non-hydrogen) atoms. The fourth-order valence-corrected chi connectivity index (χ4v) is 1.77. The van der Waals surface area contributed by atoms with Crippen LogP contribution in [0.2, 0.25) is 0 Å². The first kappa shape index (κ1) is 10.1. The van der Waals surface area contributed by atoms with E-state index in [1.807, 2.05) is 19.1 Å². The summed E-state index contributed by atoms with van der Waals surface area (Å²) in [7, 11) is 0. The molecule has 0 heterocycles. The topological polar surface area (TPSA) is 29.5 Å². The number of phenolic OH excluding ortho intramolecular Hbond substituents is 1. The predicted octanol–water partition coefficient (Wildman–Crippen LogP) is 3.19. The van der Waals surface area contributed by atoms with Crippen molar-refractivity contribution in [2.24, 2.45) is 0 Å². The van der Waals surface area contributed by atoms with Crippen molar-refractivity contribution in [3.05, 3.63) is 35.9 Å². The summed E-state index contributed by atoms with van der Waals surface area (Å²) in [4.78, 5) is 0. The maximum atomic E-state index is 9.53. The molecule has 2 rings (SSSR count). The number of aromatic hydroxyl groups is 1. The van der Waals surface area contributed by atoms with Gasteiger partial charge in [0.1, 0.15) is 17.6 Å². The quantitative estimate of drug-likeness (QED) is 0.750. The average molecular weight is 204 g/mol. The van der Waals surface area contributed by atoms with Crippen LogP contribution in [-0.4, -0.2) is 11.2 Å². The average Bonchev–Trinajstić information content (AvgIpc) is 2.26. The fourth-order valence-electron chi connectivity index (χ4n) is 1.77. The van der Waals surface area contributed by atoms with Crippen LogP contribution in [0.3, 0.4) is 0 Å². The Morgan fingerprint density at radius 2 is 2.27 bits per heavy atom. The second-order valence-corrected chi connectivity index (χ2v) is 3.92. The van der Waals surface area contributed by atoms with Crippen LogP contribution in [0.5, 0.6) is 11.5 Å². The van der Waals surface area contributed by atoms with E-state index in [1.165, 1.54) is 6.42 Å². The van der Waals surface area contributed by atoms with Crippen LogP contribution in [0.15, 0.2) is 30.4 Å². The van der Waals surface area contributed by atoms with Crippen LogP contribution in [0.25, 0.3) is 0 Å². The van der Waals surface area contributed by atoms with Crippen molar-refractivity contribution in [1.82, 2.24) is 0 Å². The van der Waals surface area contributed by atoms with Crippen LogP contribution in [0, 0.1) is 6.92 Å². The standard InChI is InChI=1S/C13H16O2/c1-10-12(14)8-5-9-13(10)15-11-6-3-2-4-7-11/h3,5-6,8-9,11,14H,2,4,7H2,1H3. The summed E-state index contributed by atoms with van der Waals surface area (Å²) in [6.45, 7) is 1.87. The van der Waals surface area contributed by atoms with Crippen LogP contribution >= 0.6 is 0 Å². The van der Waals surface area contributed by atoms with Crippen molar-refractivity contribution in [3.8, 4) is 11.5 Å². The molecular formula is C13H16O2. The summed E-state index contributed by atoms with van der Waals surface area (Å²) < 4.78 is 5.82. The smallest absolute Gasteiger partial charge is 0.126 e. The minimum Gasteiger partial charge on any atom is -0.508 e. The van der Waals surface area contributed by atoms with E-state index in [0.29, 0.717) is 5.75 Å². The van der Waals surface area contributed by atoms with Gasteiger partial charge in [-0.1, -0.05) is 12.1 Å². The molecule has 0 fully saturated rings. The van der Waals surface area contributed by atoms with E-state index in [4.69, 9.17) is 4.74 Å². The molecule has 1 aliphatic carbocycles. The molecule has 1 N–H and O–H groups in total. The largest absolute Gasteiger partial charge is 0.508 e. The van der Waals surface area contributed by atoms with Crippen molar-refractivity contribution >= 4 is 0 Å². The van der Waals surface area contributed by atoms with E-state index in [-0.39, 0.29) is 6.10 Å². The summed E-state index contributed by atoms with van der Waals surface area (Å²) >= 11 is 0. The first-order valence-electron chi connectivity index (χ1n) is 5.39. The summed E-state index contributed by atoms with van der Waals surface area (Å²) in [5.74, 6) is 1.08. The van der Waals surface area contributed by atoms with Crippen molar-refractivity contribution in [1.29, 1.82) is 0 Å². The third-order valence-electron chi connectivity index (χ3n) is 2.74. The maximum absolute atomic E-state index is 9.53. The van der Waals surface area contributed by atoms with Gasteiger partial charge in [-0.15, -0.1) is 0 Å². The van der Waals surface area contributed by atoms with Crippen LogP contribution in [-0.2, 0) is 0 Å². The minimum absolute atomic E-state index is 0.166. The molecule has 0 radical (unpaired) electrons. The first-order chi connectivity index (χ1) is 7.27. The van der Waals surface area contributed by atoms with Gasteiger partial charge in [-0.25, -0.2) is 0 Å². The second-order valence-electron chi connectivity index (χ2n) is 3.92. The van der Waals surface area contributed by atoms with Crippen molar-refractivity contribution in [2.75, 3.05) is 0 Å². The molecule has 0 spiro atoms. The Labute approximate surface area is 90.2 Å². The molecule has 1 aromatic carbocycles. The Balaban J connectivity index is 2.13. The molecule has 2 nitrogen and oxygen atoms in total. The van der Waals surface area contributed by atoms with E-state index in [9.17, 15) is 5.11 Å². The van der Waals surface area contributed by atoms with E-state index in [2.05, 4.69) is 12.2 Å². The lowest BCUT2D eigenvalue weighted by atomic mass is 10.1. The van der Waals surface area contributed by atoms with Gasteiger partial charge in [0, 0.05) is 5.56 Å². The molecule has 0 saturated carbocycles. The molecule has 0 aliphatic heterocycles. The highest BCUT2D eigenvalue weighted by molar-refractivity contribution is 5.42. The number of benzene rings is 1. The number of ether oxygens (including phenoxy) is 1. The Bertz CT molecular complexity index is 369. The molecule has 1 unspecified atom stereocenters. The first-order valence-corrected chi connectivity index (χ1v) is 5.39. The molecule has 0 amide bonds. The molecule has 0 aromatic heterocycles. The molecule has 0 saturated heterocycles. The van der Waals surface area contributed by atoms with E-state index >= 15 is 0 Å². The Morgan fingerprint density at radius 1 is 1.40 bits per heavy atom. The van der Waals surface area contributed by atoms with Gasteiger partial charge in [-0.3, -0.25) is 0 Å². The lowest BCUT2D eigenvalue weighted by molar-refractivity contribution is 0.227. The lowest BCUT2D eigenvalue weighted by Gasteiger charge is -2.19. The maximum Gasteiger partial charge on any atom is 0.126 e. The van der Waals surface area contributed by atoms with Gasteiger partial charge in [-0.05, 0) is 44.4 Å². The number of phenols is 1. The molecule has 1 atom stereocenters. The minimum atomic E-state index is 0.166. The summed E-state index contributed by atoms with van der Waals surface area (Å²) in [6.07, 6.45) is 7.82. The molecular weight excluding hydrogens is 188 g/mol.